The van der Waals surface area contributed by atoms with E-state index < -0.39 is 11.2 Å². The molecule has 1 aliphatic rings. The molecule has 5 nitrogen and oxygen atoms in total. The van der Waals surface area contributed by atoms with Gasteiger partial charge in [-0.25, -0.2) is 4.79 Å². The van der Waals surface area contributed by atoms with Gasteiger partial charge in [0.25, 0.3) is 5.56 Å². The molecular formula is C22H26N2O3. The van der Waals surface area contributed by atoms with Crippen molar-refractivity contribution in [2.75, 3.05) is 0 Å². The summed E-state index contributed by atoms with van der Waals surface area (Å²) in [6.45, 7) is 8.07. The van der Waals surface area contributed by atoms with E-state index >= 15 is 0 Å². The van der Waals surface area contributed by atoms with Crippen molar-refractivity contribution in [1.82, 2.24) is 9.55 Å². The molecule has 0 aliphatic heterocycles. The summed E-state index contributed by atoms with van der Waals surface area (Å²) in [5.41, 5.74) is 2.04. The summed E-state index contributed by atoms with van der Waals surface area (Å²) in [7, 11) is 0. The molecule has 5 heteroatoms. The fourth-order valence-corrected chi connectivity index (χ4v) is 3.47. The third-order valence-corrected chi connectivity index (χ3v) is 4.89. The molecule has 0 saturated heterocycles. The van der Waals surface area contributed by atoms with E-state index in [1.807, 2.05) is 58.0 Å². The van der Waals surface area contributed by atoms with Crippen molar-refractivity contribution >= 4 is 11.9 Å². The van der Waals surface area contributed by atoms with Crippen molar-refractivity contribution in [2.45, 2.75) is 53.0 Å². The lowest BCUT2D eigenvalue weighted by Crippen LogP contribution is -2.38. The largest absolute Gasteiger partial charge is 0.328 e. The van der Waals surface area contributed by atoms with Crippen LogP contribution in [0.1, 0.15) is 72.3 Å². The number of ketones is 1. The zero-order chi connectivity index (χ0) is 19.7. The number of allylic oxidation sites excluding steroid dienone is 1. The molecule has 1 aromatic carbocycles. The molecule has 1 saturated carbocycles. The van der Waals surface area contributed by atoms with E-state index in [9.17, 15) is 14.4 Å². The van der Waals surface area contributed by atoms with Crippen molar-refractivity contribution in [3.05, 3.63) is 73.1 Å². The summed E-state index contributed by atoms with van der Waals surface area (Å²) < 4.78 is 1.48. The van der Waals surface area contributed by atoms with E-state index in [2.05, 4.69) is 4.98 Å². The highest BCUT2D eigenvalue weighted by Crippen LogP contribution is 2.31. The molecule has 0 spiro atoms. The van der Waals surface area contributed by atoms with Crippen LogP contribution in [0, 0.1) is 12.8 Å². The molecule has 142 valence electrons. The monoisotopic (exact) mass is 366 g/mol. The first-order valence-corrected chi connectivity index (χ1v) is 9.48. The predicted molar refractivity (Wildman–Crippen MR) is 107 cm³/mol. The number of aryl methyl sites for hydroxylation is 1. The molecule has 3 rings (SSSR count). The highest BCUT2D eigenvalue weighted by atomic mass is 16.2. The second-order valence-corrected chi connectivity index (χ2v) is 7.69. The van der Waals surface area contributed by atoms with Gasteiger partial charge in [-0.15, -0.1) is 0 Å². The Morgan fingerprint density at radius 2 is 1.96 bits per heavy atom. The van der Waals surface area contributed by atoms with Gasteiger partial charge < -0.3 is 0 Å². The standard InChI is InChI=1S/C22H26N2O3/c1-5-6-16-9-14(4)10-17(11-16)20(25)19-18(13(2)3)21(26)23-22(27)24(19)12-15-7-8-15/h5-6,9-11,13,15H,7-8,12H2,1-4H3,(H,23,26,27)/b6-5+. The van der Waals surface area contributed by atoms with Crippen LogP contribution >= 0.6 is 0 Å². The Bertz CT molecular complexity index is 1020. The van der Waals surface area contributed by atoms with Gasteiger partial charge in [0.05, 0.1) is 0 Å². The second kappa shape index (κ2) is 7.51. The van der Waals surface area contributed by atoms with Crippen molar-refractivity contribution in [1.29, 1.82) is 0 Å². The molecule has 0 atom stereocenters. The Balaban J connectivity index is 2.24. The van der Waals surface area contributed by atoms with Gasteiger partial charge in [-0.2, -0.15) is 0 Å². The smallest absolute Gasteiger partial charge is 0.290 e. The summed E-state index contributed by atoms with van der Waals surface area (Å²) in [5, 5.41) is 0. The van der Waals surface area contributed by atoms with Crippen LogP contribution in [0.4, 0.5) is 0 Å². The molecule has 1 aliphatic carbocycles. The Morgan fingerprint density at radius 3 is 2.56 bits per heavy atom. The first-order chi connectivity index (χ1) is 12.8. The molecule has 0 amide bonds. The molecule has 1 aromatic heterocycles. The number of nitrogens with zero attached hydrogens (tertiary/aromatic N) is 1. The summed E-state index contributed by atoms with van der Waals surface area (Å²) in [5.74, 6) is -0.0353. The third-order valence-electron chi connectivity index (χ3n) is 4.89. The second-order valence-electron chi connectivity index (χ2n) is 7.69. The van der Waals surface area contributed by atoms with Crippen LogP contribution < -0.4 is 11.2 Å². The third kappa shape index (κ3) is 4.02. The zero-order valence-electron chi connectivity index (χ0n) is 16.3. The summed E-state index contributed by atoms with van der Waals surface area (Å²) in [4.78, 5) is 40.9. The molecule has 27 heavy (non-hydrogen) atoms. The van der Waals surface area contributed by atoms with Crippen molar-refractivity contribution in [3.8, 4) is 0 Å². The lowest BCUT2D eigenvalue weighted by atomic mass is 9.95. The maximum absolute atomic E-state index is 13.5. The van der Waals surface area contributed by atoms with Crippen LogP contribution in [-0.4, -0.2) is 15.3 Å². The van der Waals surface area contributed by atoms with E-state index in [4.69, 9.17) is 0 Å². The van der Waals surface area contributed by atoms with Crippen LogP contribution in [0.25, 0.3) is 6.08 Å². The Labute approximate surface area is 158 Å². The molecule has 1 fully saturated rings. The van der Waals surface area contributed by atoms with Gasteiger partial charge in [0.15, 0.2) is 0 Å². The maximum Gasteiger partial charge on any atom is 0.328 e. The highest BCUT2D eigenvalue weighted by Gasteiger charge is 2.29. The average molecular weight is 366 g/mol. The molecule has 2 aromatic rings. The number of rotatable bonds is 6. The van der Waals surface area contributed by atoms with Crippen LogP contribution in [0.2, 0.25) is 0 Å². The number of carbonyl (C=O) groups excluding carboxylic acids is 1. The number of nitrogens with one attached hydrogen (secondary N) is 1. The van der Waals surface area contributed by atoms with Gasteiger partial charge >= 0.3 is 5.69 Å². The van der Waals surface area contributed by atoms with Crippen LogP contribution in [-0.2, 0) is 6.54 Å². The van der Waals surface area contributed by atoms with E-state index in [1.54, 1.807) is 0 Å². The Kier molecular flexibility index (Phi) is 5.31. The van der Waals surface area contributed by atoms with Gasteiger partial charge in [-0.3, -0.25) is 19.1 Å². The fraction of sp³-hybridized carbons (Fsp3) is 0.409. The summed E-state index contributed by atoms with van der Waals surface area (Å²) in [6, 6.07) is 5.62. The number of hydrogen-bond donors (Lipinski definition) is 1. The number of hydrogen-bond acceptors (Lipinski definition) is 3. The van der Waals surface area contributed by atoms with Gasteiger partial charge in [0, 0.05) is 17.7 Å². The molecule has 1 heterocycles. The SMILES string of the molecule is C/C=C/c1cc(C)cc(C(=O)c2c(C(C)C)c(=O)[nH]c(=O)n2CC2CC2)c1. The van der Waals surface area contributed by atoms with Crippen molar-refractivity contribution in [3.63, 3.8) is 0 Å². The average Bonchev–Trinajstić information content (AvgIpc) is 3.39. The van der Waals surface area contributed by atoms with E-state index in [-0.39, 0.29) is 17.4 Å². The normalized spacial score (nSPS) is 14.3. The first-order valence-electron chi connectivity index (χ1n) is 9.48. The van der Waals surface area contributed by atoms with Gasteiger partial charge in [0.1, 0.15) is 5.69 Å². The van der Waals surface area contributed by atoms with E-state index in [0.29, 0.717) is 23.6 Å². The molecular weight excluding hydrogens is 340 g/mol. The van der Waals surface area contributed by atoms with E-state index in [0.717, 1.165) is 24.0 Å². The van der Waals surface area contributed by atoms with Crippen LogP contribution in [0.5, 0.6) is 0 Å². The predicted octanol–water partition coefficient (Wildman–Crippen LogP) is 3.64. The van der Waals surface area contributed by atoms with Gasteiger partial charge in [0.2, 0.25) is 5.78 Å². The van der Waals surface area contributed by atoms with E-state index in [1.165, 1.54) is 4.57 Å². The van der Waals surface area contributed by atoms with Crippen LogP contribution in [0.15, 0.2) is 33.9 Å². The fourth-order valence-electron chi connectivity index (χ4n) is 3.47. The summed E-state index contributed by atoms with van der Waals surface area (Å²) in [6.07, 6.45) is 5.94. The van der Waals surface area contributed by atoms with Gasteiger partial charge in [-0.05, 0) is 61.8 Å². The molecule has 1 N–H and O–H groups in total. The highest BCUT2D eigenvalue weighted by molar-refractivity contribution is 6.09. The molecule has 0 radical (unpaired) electrons. The number of H-pyrrole nitrogens is 1. The zero-order valence-corrected chi connectivity index (χ0v) is 16.3. The summed E-state index contributed by atoms with van der Waals surface area (Å²) >= 11 is 0. The number of carbonyl (C=O) groups is 1. The molecule has 0 unspecified atom stereocenters. The minimum Gasteiger partial charge on any atom is -0.290 e. The van der Waals surface area contributed by atoms with Gasteiger partial charge in [-0.1, -0.05) is 32.1 Å². The topological polar surface area (TPSA) is 71.9 Å². The number of aromatic amines is 1. The first kappa shape index (κ1) is 19.1. The lowest BCUT2D eigenvalue weighted by Gasteiger charge is -2.17. The van der Waals surface area contributed by atoms with Crippen molar-refractivity contribution < 1.29 is 4.79 Å². The maximum atomic E-state index is 13.5. The van der Waals surface area contributed by atoms with Crippen molar-refractivity contribution in [2.24, 2.45) is 5.92 Å². The number of benzene rings is 1. The van der Waals surface area contributed by atoms with Crippen LogP contribution in [0.3, 0.4) is 0 Å². The number of aromatic nitrogens is 2. The quantitative estimate of drug-likeness (QED) is 0.793. The Hall–Kier alpha value is -2.69. The Morgan fingerprint density at radius 1 is 1.26 bits per heavy atom. The molecule has 0 bridgehead atoms. The lowest BCUT2D eigenvalue weighted by molar-refractivity contribution is 0.102. The minimum absolute atomic E-state index is 0.168. The minimum atomic E-state index is -0.499.